The van der Waals surface area contributed by atoms with Gasteiger partial charge >= 0.3 is 0 Å². The molecular weight excluding hydrogens is 799 g/mol. The van der Waals surface area contributed by atoms with Gasteiger partial charge in [-0.3, -0.25) is 0 Å². The lowest BCUT2D eigenvalue weighted by atomic mass is 9.90. The molecule has 10 rings (SSSR count). The lowest BCUT2D eigenvalue weighted by Crippen LogP contribution is -2.11. The molecule has 0 heterocycles. The smallest absolute Gasteiger partial charge is 0.0490 e. The summed E-state index contributed by atoms with van der Waals surface area (Å²) in [5.41, 5.74) is 20.8. The molecule has 3 nitrogen and oxygen atoms in total. The molecule has 0 aliphatic rings. The zero-order valence-electron chi connectivity index (χ0n) is 37.6. The largest absolute Gasteiger partial charge is 0.310 e. The number of aryl methyl sites for hydroxylation is 3. The zero-order valence-corrected chi connectivity index (χ0v) is 37.6. The maximum Gasteiger partial charge on any atom is 0.0490 e. The van der Waals surface area contributed by atoms with E-state index in [0.717, 1.165) is 73.4 Å². The van der Waals surface area contributed by atoms with E-state index in [9.17, 15) is 0 Å². The summed E-state index contributed by atoms with van der Waals surface area (Å²) in [6.45, 7) is 6.53. The minimum atomic E-state index is 1.10. The van der Waals surface area contributed by atoms with Crippen molar-refractivity contribution in [3.8, 4) is 33.4 Å². The Morgan fingerprint density at radius 3 is 0.833 bits per heavy atom. The van der Waals surface area contributed by atoms with Crippen molar-refractivity contribution in [3.05, 3.63) is 271 Å². The van der Waals surface area contributed by atoms with Gasteiger partial charge in [0.1, 0.15) is 0 Å². The molecule has 0 saturated heterocycles. The quantitative estimate of drug-likeness (QED) is 0.121. The molecule has 0 saturated carbocycles. The van der Waals surface area contributed by atoms with Crippen LogP contribution < -0.4 is 14.7 Å². The molecule has 10 aromatic carbocycles. The molecule has 318 valence electrons. The summed E-state index contributed by atoms with van der Waals surface area (Å²) in [7, 11) is 0. The molecule has 66 heavy (non-hydrogen) atoms. The highest BCUT2D eigenvalue weighted by atomic mass is 15.2. The van der Waals surface area contributed by atoms with E-state index < -0.39 is 0 Å². The standard InChI is InChI=1S/C63H51N3/c1-46-19-13-16-28-61(46)64(53-22-7-4-8-23-53)56-38-31-49(32-39-56)52-37-44-59(50-33-40-57(41-34-50)65(54-24-9-5-10-25-54)62-29-17-14-20-47(62)2)60(45-52)51-35-42-58(43-36-51)66(55-26-11-6-12-27-55)63-30-18-15-21-48(63)3/h4-45H,1-3H3. The van der Waals surface area contributed by atoms with Crippen molar-refractivity contribution in [2.75, 3.05) is 14.7 Å². The van der Waals surface area contributed by atoms with Crippen molar-refractivity contribution in [2.45, 2.75) is 20.8 Å². The first-order chi connectivity index (χ1) is 32.5. The second kappa shape index (κ2) is 18.8. The van der Waals surface area contributed by atoms with Crippen molar-refractivity contribution in [3.63, 3.8) is 0 Å². The highest BCUT2D eigenvalue weighted by Crippen LogP contribution is 2.43. The molecule has 0 bridgehead atoms. The second-order valence-corrected chi connectivity index (χ2v) is 16.8. The highest BCUT2D eigenvalue weighted by molar-refractivity contribution is 5.90. The Bertz CT molecular complexity index is 3200. The Morgan fingerprint density at radius 1 is 0.212 bits per heavy atom. The number of anilines is 9. The van der Waals surface area contributed by atoms with Crippen LogP contribution in [0.4, 0.5) is 51.2 Å². The van der Waals surface area contributed by atoms with Crippen LogP contribution in [0.2, 0.25) is 0 Å². The third-order valence-electron chi connectivity index (χ3n) is 12.5. The van der Waals surface area contributed by atoms with E-state index in [-0.39, 0.29) is 0 Å². The third-order valence-corrected chi connectivity index (χ3v) is 12.5. The van der Waals surface area contributed by atoms with Crippen molar-refractivity contribution < 1.29 is 0 Å². The van der Waals surface area contributed by atoms with E-state index in [4.69, 9.17) is 0 Å². The van der Waals surface area contributed by atoms with Gasteiger partial charge in [-0.25, -0.2) is 0 Å². The van der Waals surface area contributed by atoms with Crippen LogP contribution in [0.15, 0.2) is 255 Å². The topological polar surface area (TPSA) is 9.72 Å². The second-order valence-electron chi connectivity index (χ2n) is 16.8. The number of rotatable bonds is 12. The number of hydrogen-bond donors (Lipinski definition) is 0. The fraction of sp³-hybridized carbons (Fsp3) is 0.0476. The normalized spacial score (nSPS) is 11.0. The van der Waals surface area contributed by atoms with E-state index in [2.05, 4.69) is 290 Å². The summed E-state index contributed by atoms with van der Waals surface area (Å²) in [6, 6.07) is 91.7. The van der Waals surface area contributed by atoms with E-state index in [1.165, 1.54) is 27.8 Å². The molecule has 0 amide bonds. The summed E-state index contributed by atoms with van der Waals surface area (Å²) < 4.78 is 0. The monoisotopic (exact) mass is 849 g/mol. The molecule has 0 aliphatic carbocycles. The van der Waals surface area contributed by atoms with Gasteiger partial charge in [-0.2, -0.15) is 0 Å². The predicted molar refractivity (Wildman–Crippen MR) is 281 cm³/mol. The zero-order chi connectivity index (χ0) is 44.8. The Hall–Kier alpha value is -8.40. The van der Waals surface area contributed by atoms with Crippen LogP contribution in [0.25, 0.3) is 33.4 Å². The van der Waals surface area contributed by atoms with Crippen LogP contribution in [0.5, 0.6) is 0 Å². The van der Waals surface area contributed by atoms with Gasteiger partial charge in [-0.1, -0.05) is 158 Å². The lowest BCUT2D eigenvalue weighted by molar-refractivity contribution is 1.25. The molecule has 0 unspecified atom stereocenters. The maximum atomic E-state index is 2.36. The molecule has 0 atom stereocenters. The number of hydrogen-bond acceptors (Lipinski definition) is 3. The first-order valence-corrected chi connectivity index (χ1v) is 22.7. The van der Waals surface area contributed by atoms with Gasteiger partial charge in [-0.05, 0) is 168 Å². The van der Waals surface area contributed by atoms with Crippen molar-refractivity contribution in [1.82, 2.24) is 0 Å². The summed E-state index contributed by atoms with van der Waals surface area (Å²) in [5, 5.41) is 0. The molecule has 0 N–H and O–H groups in total. The maximum absolute atomic E-state index is 2.36. The minimum Gasteiger partial charge on any atom is -0.310 e. The Balaban J connectivity index is 1.07. The average Bonchev–Trinajstić information content (AvgIpc) is 3.37. The average molecular weight is 850 g/mol. The Labute approximate surface area is 389 Å². The lowest BCUT2D eigenvalue weighted by Gasteiger charge is -2.27. The molecule has 10 aromatic rings. The van der Waals surface area contributed by atoms with Gasteiger partial charge in [0.25, 0.3) is 0 Å². The van der Waals surface area contributed by atoms with Gasteiger partial charge < -0.3 is 14.7 Å². The van der Waals surface area contributed by atoms with Gasteiger partial charge in [0, 0.05) is 51.2 Å². The summed E-state index contributed by atoms with van der Waals surface area (Å²) >= 11 is 0. The SMILES string of the molecule is Cc1ccccc1N(c1ccccc1)c1ccc(-c2ccc(-c3ccc(N(c4ccccc4)c4ccccc4C)cc3)c(-c3ccc(N(c4ccccc4)c4ccccc4C)cc3)c2)cc1. The van der Waals surface area contributed by atoms with Gasteiger partial charge in [-0.15, -0.1) is 0 Å². The van der Waals surface area contributed by atoms with E-state index in [1.807, 2.05) is 0 Å². The molecule has 0 radical (unpaired) electrons. The third kappa shape index (κ3) is 8.51. The molecule has 3 heteroatoms. The predicted octanol–water partition coefficient (Wildman–Crippen LogP) is 18.0. The summed E-state index contributed by atoms with van der Waals surface area (Å²) in [6.07, 6.45) is 0. The minimum absolute atomic E-state index is 1.10. The van der Waals surface area contributed by atoms with Crippen LogP contribution in [-0.2, 0) is 0 Å². The number of para-hydroxylation sites is 6. The highest BCUT2D eigenvalue weighted by Gasteiger charge is 2.19. The van der Waals surface area contributed by atoms with E-state index in [1.54, 1.807) is 0 Å². The van der Waals surface area contributed by atoms with Crippen molar-refractivity contribution in [1.29, 1.82) is 0 Å². The fourth-order valence-electron chi connectivity index (χ4n) is 9.05. The van der Waals surface area contributed by atoms with Crippen LogP contribution >= 0.6 is 0 Å². The first kappa shape index (κ1) is 41.6. The van der Waals surface area contributed by atoms with Gasteiger partial charge in [0.2, 0.25) is 0 Å². The molecule has 0 spiro atoms. The van der Waals surface area contributed by atoms with Crippen molar-refractivity contribution >= 4 is 51.2 Å². The molecular formula is C63H51N3. The molecule has 0 aliphatic heterocycles. The molecule has 0 aromatic heterocycles. The number of nitrogens with zero attached hydrogens (tertiary/aromatic N) is 3. The van der Waals surface area contributed by atoms with Crippen molar-refractivity contribution in [2.24, 2.45) is 0 Å². The Morgan fingerprint density at radius 2 is 0.485 bits per heavy atom. The number of benzene rings is 10. The summed E-state index contributed by atoms with van der Waals surface area (Å²) in [4.78, 5) is 7.03. The van der Waals surface area contributed by atoms with Gasteiger partial charge in [0.15, 0.2) is 0 Å². The van der Waals surface area contributed by atoms with E-state index in [0.29, 0.717) is 0 Å². The summed E-state index contributed by atoms with van der Waals surface area (Å²) in [5.74, 6) is 0. The van der Waals surface area contributed by atoms with Crippen LogP contribution in [0.1, 0.15) is 16.7 Å². The van der Waals surface area contributed by atoms with E-state index >= 15 is 0 Å². The Kier molecular flexibility index (Phi) is 11.8. The fourth-order valence-corrected chi connectivity index (χ4v) is 9.05. The van der Waals surface area contributed by atoms with Crippen LogP contribution in [0.3, 0.4) is 0 Å². The van der Waals surface area contributed by atoms with Crippen LogP contribution in [-0.4, -0.2) is 0 Å². The van der Waals surface area contributed by atoms with Gasteiger partial charge in [0.05, 0.1) is 0 Å². The van der Waals surface area contributed by atoms with Crippen LogP contribution in [0, 0.1) is 20.8 Å². The first-order valence-electron chi connectivity index (χ1n) is 22.7. The molecule has 0 fully saturated rings.